The van der Waals surface area contributed by atoms with E-state index in [0.29, 0.717) is 15.7 Å². The molecule has 1 amide bonds. The van der Waals surface area contributed by atoms with Gasteiger partial charge in [0, 0.05) is 10.7 Å². The van der Waals surface area contributed by atoms with Crippen LogP contribution in [0.4, 0.5) is 10.1 Å². The van der Waals surface area contributed by atoms with Crippen LogP contribution in [0.5, 0.6) is 0 Å². The molecule has 0 heterocycles. The highest BCUT2D eigenvalue weighted by Crippen LogP contribution is 2.38. The van der Waals surface area contributed by atoms with E-state index in [0.717, 1.165) is 19.3 Å². The minimum Gasteiger partial charge on any atom is -0.378 e. The molecule has 0 aromatic heterocycles. The molecule has 0 radical (unpaired) electrons. The highest BCUT2D eigenvalue weighted by Gasteiger charge is 2.39. The summed E-state index contributed by atoms with van der Waals surface area (Å²) in [5.41, 5.74) is 0.364. The maximum absolute atomic E-state index is 12.9. The smallest absolute Gasteiger partial charge is 0.227 e. The van der Waals surface area contributed by atoms with Crippen molar-refractivity contribution in [2.24, 2.45) is 0 Å². The van der Waals surface area contributed by atoms with Crippen LogP contribution in [0.3, 0.4) is 0 Å². The maximum Gasteiger partial charge on any atom is 0.227 e. The number of amides is 1. The molecule has 0 spiro atoms. The molecule has 1 aromatic carbocycles. The van der Waals surface area contributed by atoms with Crippen LogP contribution in [-0.4, -0.2) is 18.6 Å². The van der Waals surface area contributed by atoms with Crippen LogP contribution in [0.1, 0.15) is 25.7 Å². The molecule has 1 saturated carbocycles. The molecule has 2 rings (SSSR count). The van der Waals surface area contributed by atoms with Crippen molar-refractivity contribution >= 4 is 34.2 Å². The van der Waals surface area contributed by atoms with Gasteiger partial charge < -0.3 is 10.1 Å². The van der Waals surface area contributed by atoms with Gasteiger partial charge in [0.25, 0.3) is 0 Å². The van der Waals surface area contributed by atoms with E-state index < -0.39 is 0 Å². The molecule has 18 heavy (non-hydrogen) atoms. The molecule has 0 atom stereocenters. The average molecular weight is 363 g/mol. The molecular formula is C13H15FINO2. The Morgan fingerprint density at radius 1 is 1.56 bits per heavy atom. The van der Waals surface area contributed by atoms with Gasteiger partial charge in [-0.2, -0.15) is 0 Å². The minimum absolute atomic E-state index is 0.0823. The van der Waals surface area contributed by atoms with Gasteiger partial charge in [-0.25, -0.2) is 4.39 Å². The van der Waals surface area contributed by atoms with Gasteiger partial charge in [0.2, 0.25) is 5.91 Å². The van der Waals surface area contributed by atoms with Crippen LogP contribution in [-0.2, 0) is 9.53 Å². The number of anilines is 1. The van der Waals surface area contributed by atoms with E-state index in [2.05, 4.69) is 5.32 Å². The molecule has 3 nitrogen and oxygen atoms in total. The molecule has 1 fully saturated rings. The second-order valence-electron chi connectivity index (χ2n) is 4.59. The Balaban J connectivity index is 1.98. The van der Waals surface area contributed by atoms with Crippen molar-refractivity contribution in [3.8, 4) is 0 Å². The van der Waals surface area contributed by atoms with Crippen molar-refractivity contribution in [1.29, 1.82) is 0 Å². The number of hydrogen-bond donors (Lipinski definition) is 1. The molecule has 98 valence electrons. The highest BCUT2D eigenvalue weighted by molar-refractivity contribution is 14.1. The van der Waals surface area contributed by atoms with Crippen LogP contribution >= 0.6 is 22.6 Å². The van der Waals surface area contributed by atoms with Crippen molar-refractivity contribution in [1.82, 2.24) is 0 Å². The molecule has 0 bridgehead atoms. The second kappa shape index (κ2) is 5.52. The first kappa shape index (κ1) is 13.7. The molecule has 1 aliphatic rings. The third kappa shape index (κ3) is 3.00. The first-order valence-corrected chi connectivity index (χ1v) is 6.93. The number of carbonyl (C=O) groups excluding carboxylic acids is 1. The van der Waals surface area contributed by atoms with Gasteiger partial charge in [-0.1, -0.05) is 0 Å². The lowest BCUT2D eigenvalue weighted by molar-refractivity contribution is -0.129. The molecule has 1 aliphatic carbocycles. The average Bonchev–Trinajstić information content (AvgIpc) is 2.27. The summed E-state index contributed by atoms with van der Waals surface area (Å²) in [6.07, 6.45) is 3.32. The van der Waals surface area contributed by atoms with Crippen LogP contribution < -0.4 is 5.32 Å². The zero-order valence-corrected chi connectivity index (χ0v) is 12.3. The van der Waals surface area contributed by atoms with Crippen molar-refractivity contribution in [3.63, 3.8) is 0 Å². The van der Waals surface area contributed by atoms with E-state index in [4.69, 9.17) is 4.74 Å². The normalized spacial score (nSPS) is 17.1. The van der Waals surface area contributed by atoms with Gasteiger partial charge in [-0.05, 0) is 60.1 Å². The highest BCUT2D eigenvalue weighted by atomic mass is 127. The quantitative estimate of drug-likeness (QED) is 0.834. The standard InChI is InChI=1S/C13H15FINO2/c1-18-13(5-2-6-13)8-12(17)16-11-4-3-9(14)7-10(11)15/h3-4,7H,2,5-6,8H2,1H3,(H,16,17). The van der Waals surface area contributed by atoms with E-state index in [1.165, 1.54) is 12.1 Å². The summed E-state index contributed by atoms with van der Waals surface area (Å²) in [4.78, 5) is 11.9. The van der Waals surface area contributed by atoms with Crippen molar-refractivity contribution < 1.29 is 13.9 Å². The fraction of sp³-hybridized carbons (Fsp3) is 0.462. The summed E-state index contributed by atoms with van der Waals surface area (Å²) in [6.45, 7) is 0. The number of carbonyl (C=O) groups is 1. The molecule has 5 heteroatoms. The van der Waals surface area contributed by atoms with E-state index in [1.807, 2.05) is 22.6 Å². The van der Waals surface area contributed by atoms with Gasteiger partial charge in [0.15, 0.2) is 0 Å². The van der Waals surface area contributed by atoms with Gasteiger partial charge in [0.1, 0.15) is 5.82 Å². The van der Waals surface area contributed by atoms with Crippen molar-refractivity contribution in [2.75, 3.05) is 12.4 Å². The fourth-order valence-electron chi connectivity index (χ4n) is 2.10. The summed E-state index contributed by atoms with van der Waals surface area (Å²) in [6, 6.07) is 4.31. The van der Waals surface area contributed by atoms with Gasteiger partial charge in [0.05, 0.1) is 17.7 Å². The van der Waals surface area contributed by atoms with Crippen molar-refractivity contribution in [2.45, 2.75) is 31.3 Å². The molecule has 1 N–H and O–H groups in total. The molecule has 0 unspecified atom stereocenters. The molecule has 0 saturated heterocycles. The van der Waals surface area contributed by atoms with E-state index in [1.54, 1.807) is 13.2 Å². The zero-order chi connectivity index (χ0) is 13.2. The Morgan fingerprint density at radius 3 is 2.78 bits per heavy atom. The number of halogens is 2. The minimum atomic E-state index is -0.301. The van der Waals surface area contributed by atoms with E-state index >= 15 is 0 Å². The lowest BCUT2D eigenvalue weighted by Crippen LogP contribution is -2.42. The monoisotopic (exact) mass is 363 g/mol. The molecular weight excluding hydrogens is 348 g/mol. The summed E-state index contributed by atoms with van der Waals surface area (Å²) in [5.74, 6) is -0.383. The Labute approximate surface area is 119 Å². The summed E-state index contributed by atoms with van der Waals surface area (Å²) < 4.78 is 19.0. The fourth-order valence-corrected chi connectivity index (χ4v) is 2.71. The second-order valence-corrected chi connectivity index (χ2v) is 5.75. The summed E-state index contributed by atoms with van der Waals surface area (Å²) in [5, 5.41) is 2.80. The first-order valence-electron chi connectivity index (χ1n) is 5.85. The van der Waals surface area contributed by atoms with E-state index in [-0.39, 0.29) is 17.3 Å². The van der Waals surface area contributed by atoms with Crippen molar-refractivity contribution in [3.05, 3.63) is 27.6 Å². The first-order chi connectivity index (χ1) is 8.54. The van der Waals surface area contributed by atoms with Gasteiger partial charge in [-0.3, -0.25) is 4.79 Å². The Bertz CT molecular complexity index is 455. The number of hydrogen-bond acceptors (Lipinski definition) is 2. The third-order valence-corrected chi connectivity index (χ3v) is 4.28. The number of ether oxygens (including phenoxy) is 1. The predicted octanol–water partition coefficient (Wildman–Crippen LogP) is 3.33. The molecule has 0 aliphatic heterocycles. The van der Waals surface area contributed by atoms with Gasteiger partial charge in [-0.15, -0.1) is 0 Å². The number of methoxy groups -OCH3 is 1. The van der Waals surface area contributed by atoms with Crippen LogP contribution in [0.2, 0.25) is 0 Å². The summed E-state index contributed by atoms with van der Waals surface area (Å²) in [7, 11) is 1.65. The van der Waals surface area contributed by atoms with Gasteiger partial charge >= 0.3 is 0 Å². The Hall–Kier alpha value is -0.690. The predicted molar refractivity (Wildman–Crippen MR) is 76.0 cm³/mol. The topological polar surface area (TPSA) is 38.3 Å². The van der Waals surface area contributed by atoms with Crippen LogP contribution in [0.25, 0.3) is 0 Å². The Morgan fingerprint density at radius 2 is 2.28 bits per heavy atom. The SMILES string of the molecule is COC1(CC(=O)Nc2ccc(F)cc2I)CCC1. The number of benzene rings is 1. The maximum atomic E-state index is 12.9. The lowest BCUT2D eigenvalue weighted by atomic mass is 9.77. The zero-order valence-electron chi connectivity index (χ0n) is 10.1. The number of rotatable bonds is 4. The molecule has 1 aromatic rings. The Kier molecular flexibility index (Phi) is 4.21. The lowest BCUT2D eigenvalue weighted by Gasteiger charge is -2.39. The van der Waals surface area contributed by atoms with Crippen LogP contribution in [0, 0.1) is 9.39 Å². The van der Waals surface area contributed by atoms with Crippen LogP contribution in [0.15, 0.2) is 18.2 Å². The third-order valence-electron chi connectivity index (χ3n) is 3.39. The van der Waals surface area contributed by atoms with E-state index in [9.17, 15) is 9.18 Å². The number of nitrogens with one attached hydrogen (secondary N) is 1. The summed E-state index contributed by atoms with van der Waals surface area (Å²) >= 11 is 2.00. The largest absolute Gasteiger partial charge is 0.378 e.